The number of hydrogen-bond acceptors (Lipinski definition) is 4. The van der Waals surface area contributed by atoms with Gasteiger partial charge in [0, 0.05) is 6.42 Å². The maximum atomic E-state index is 10.4. The standard InChI is InChI=1S/C15H20O4/c1-10-3-5-13(19-10)15(16)11-4-6-12-14(9-11)18-8-2-7-17-12/h4,6,9-10,13,15-16H,2-3,5,7-8H2,1H3. The maximum absolute atomic E-state index is 10.4. The van der Waals surface area contributed by atoms with E-state index in [0.717, 1.165) is 36.3 Å². The Balaban J connectivity index is 1.79. The highest BCUT2D eigenvalue weighted by atomic mass is 16.5. The van der Waals surface area contributed by atoms with Gasteiger partial charge in [0.25, 0.3) is 0 Å². The molecule has 1 aromatic carbocycles. The average Bonchev–Trinajstić information content (AvgIpc) is 2.72. The van der Waals surface area contributed by atoms with Crippen molar-refractivity contribution in [3.05, 3.63) is 23.8 Å². The van der Waals surface area contributed by atoms with Crippen molar-refractivity contribution in [3.63, 3.8) is 0 Å². The molecule has 4 nitrogen and oxygen atoms in total. The summed E-state index contributed by atoms with van der Waals surface area (Å²) in [6.07, 6.45) is 2.32. The molecule has 3 atom stereocenters. The lowest BCUT2D eigenvalue weighted by Gasteiger charge is -2.19. The third kappa shape index (κ3) is 2.69. The van der Waals surface area contributed by atoms with Gasteiger partial charge in [0.15, 0.2) is 11.5 Å². The molecule has 1 aromatic rings. The largest absolute Gasteiger partial charge is 0.490 e. The van der Waals surface area contributed by atoms with Crippen LogP contribution in [0.2, 0.25) is 0 Å². The summed E-state index contributed by atoms with van der Waals surface area (Å²) in [5.74, 6) is 1.48. The van der Waals surface area contributed by atoms with Crippen molar-refractivity contribution < 1.29 is 19.3 Å². The molecule has 0 aliphatic carbocycles. The molecule has 19 heavy (non-hydrogen) atoms. The zero-order chi connectivity index (χ0) is 13.2. The fourth-order valence-electron chi connectivity index (χ4n) is 2.64. The topological polar surface area (TPSA) is 47.9 Å². The zero-order valence-electron chi connectivity index (χ0n) is 11.2. The maximum Gasteiger partial charge on any atom is 0.161 e. The van der Waals surface area contributed by atoms with E-state index in [1.807, 2.05) is 25.1 Å². The molecular formula is C15H20O4. The molecule has 1 N–H and O–H groups in total. The molecular weight excluding hydrogens is 244 g/mol. The summed E-state index contributed by atoms with van der Waals surface area (Å²) in [5, 5.41) is 10.4. The SMILES string of the molecule is CC1CCC(C(O)c2ccc3c(c2)OCCCO3)O1. The van der Waals surface area contributed by atoms with Gasteiger partial charge < -0.3 is 19.3 Å². The highest BCUT2D eigenvalue weighted by Crippen LogP contribution is 2.36. The first-order valence-electron chi connectivity index (χ1n) is 6.97. The van der Waals surface area contributed by atoms with Gasteiger partial charge in [-0.3, -0.25) is 0 Å². The van der Waals surface area contributed by atoms with E-state index in [1.165, 1.54) is 0 Å². The molecule has 0 saturated carbocycles. The van der Waals surface area contributed by atoms with E-state index in [9.17, 15) is 5.11 Å². The average molecular weight is 264 g/mol. The molecule has 3 rings (SSSR count). The Morgan fingerprint density at radius 3 is 2.68 bits per heavy atom. The van der Waals surface area contributed by atoms with Crippen molar-refractivity contribution in [1.29, 1.82) is 0 Å². The number of rotatable bonds is 2. The molecule has 0 radical (unpaired) electrons. The zero-order valence-corrected chi connectivity index (χ0v) is 11.2. The summed E-state index contributed by atoms with van der Waals surface area (Å²) in [6.45, 7) is 3.38. The van der Waals surface area contributed by atoms with Crippen molar-refractivity contribution in [2.45, 2.75) is 44.5 Å². The number of benzene rings is 1. The first-order valence-corrected chi connectivity index (χ1v) is 6.97. The Bertz CT molecular complexity index is 446. The third-order valence-electron chi connectivity index (χ3n) is 3.73. The van der Waals surface area contributed by atoms with Gasteiger partial charge in [-0.1, -0.05) is 6.07 Å². The van der Waals surface area contributed by atoms with Crippen LogP contribution >= 0.6 is 0 Å². The summed E-state index contributed by atoms with van der Waals surface area (Å²) in [6, 6.07) is 5.64. The highest BCUT2D eigenvalue weighted by molar-refractivity contribution is 5.44. The van der Waals surface area contributed by atoms with Gasteiger partial charge >= 0.3 is 0 Å². The van der Waals surface area contributed by atoms with Gasteiger partial charge in [-0.15, -0.1) is 0 Å². The van der Waals surface area contributed by atoms with Gasteiger partial charge in [-0.2, -0.15) is 0 Å². The van der Waals surface area contributed by atoms with E-state index in [4.69, 9.17) is 14.2 Å². The summed E-state index contributed by atoms with van der Waals surface area (Å²) in [5.41, 5.74) is 0.836. The molecule has 0 amide bonds. The van der Waals surface area contributed by atoms with Gasteiger partial charge in [0.2, 0.25) is 0 Å². The minimum Gasteiger partial charge on any atom is -0.490 e. The van der Waals surface area contributed by atoms with E-state index in [1.54, 1.807) is 0 Å². The monoisotopic (exact) mass is 264 g/mol. The molecule has 2 aliphatic rings. The Kier molecular flexibility index (Phi) is 3.62. The predicted octanol–water partition coefficient (Wildman–Crippen LogP) is 2.45. The van der Waals surface area contributed by atoms with Gasteiger partial charge in [0.1, 0.15) is 6.10 Å². The molecule has 4 heteroatoms. The Morgan fingerprint density at radius 1 is 1.16 bits per heavy atom. The second-order valence-corrected chi connectivity index (χ2v) is 5.26. The number of ether oxygens (including phenoxy) is 3. The Labute approximate surface area is 113 Å². The van der Waals surface area contributed by atoms with E-state index < -0.39 is 6.10 Å². The van der Waals surface area contributed by atoms with Crippen LogP contribution in [0.25, 0.3) is 0 Å². The molecule has 104 valence electrons. The van der Waals surface area contributed by atoms with E-state index in [-0.39, 0.29) is 12.2 Å². The Morgan fingerprint density at radius 2 is 1.95 bits per heavy atom. The molecule has 1 saturated heterocycles. The third-order valence-corrected chi connectivity index (χ3v) is 3.73. The second kappa shape index (κ2) is 5.39. The number of aliphatic hydroxyl groups is 1. The number of hydrogen-bond donors (Lipinski definition) is 1. The highest BCUT2D eigenvalue weighted by Gasteiger charge is 2.29. The fourth-order valence-corrected chi connectivity index (χ4v) is 2.64. The van der Waals surface area contributed by atoms with Crippen molar-refractivity contribution in [3.8, 4) is 11.5 Å². The molecule has 0 spiro atoms. The predicted molar refractivity (Wildman–Crippen MR) is 70.6 cm³/mol. The van der Waals surface area contributed by atoms with Crippen LogP contribution in [0, 0.1) is 0 Å². The van der Waals surface area contributed by atoms with Crippen LogP contribution in [0.15, 0.2) is 18.2 Å². The van der Waals surface area contributed by atoms with Gasteiger partial charge in [0.05, 0.1) is 25.4 Å². The number of fused-ring (bicyclic) bond motifs is 1. The first kappa shape index (κ1) is 12.8. The van der Waals surface area contributed by atoms with Crippen LogP contribution in [-0.4, -0.2) is 30.5 Å². The lowest BCUT2D eigenvalue weighted by molar-refractivity contribution is -0.0298. The molecule has 0 bridgehead atoms. The van der Waals surface area contributed by atoms with Gasteiger partial charge in [-0.05, 0) is 37.5 Å². The molecule has 2 heterocycles. The van der Waals surface area contributed by atoms with Crippen LogP contribution in [0.4, 0.5) is 0 Å². The summed E-state index contributed by atoms with van der Waals surface area (Å²) in [7, 11) is 0. The van der Waals surface area contributed by atoms with Crippen LogP contribution < -0.4 is 9.47 Å². The van der Waals surface area contributed by atoms with Crippen LogP contribution in [0.1, 0.15) is 37.9 Å². The molecule has 3 unspecified atom stereocenters. The lowest BCUT2D eigenvalue weighted by Crippen LogP contribution is -2.18. The quantitative estimate of drug-likeness (QED) is 0.891. The van der Waals surface area contributed by atoms with Crippen LogP contribution in [-0.2, 0) is 4.74 Å². The smallest absolute Gasteiger partial charge is 0.161 e. The minimum absolute atomic E-state index is 0.111. The summed E-state index contributed by atoms with van der Waals surface area (Å²) < 4.78 is 17.0. The van der Waals surface area contributed by atoms with Gasteiger partial charge in [-0.25, -0.2) is 0 Å². The second-order valence-electron chi connectivity index (χ2n) is 5.26. The summed E-state index contributed by atoms with van der Waals surface area (Å²) in [4.78, 5) is 0. The minimum atomic E-state index is -0.595. The van der Waals surface area contributed by atoms with Crippen molar-refractivity contribution in [2.24, 2.45) is 0 Å². The number of aliphatic hydroxyl groups excluding tert-OH is 1. The van der Waals surface area contributed by atoms with Crippen molar-refractivity contribution in [1.82, 2.24) is 0 Å². The van der Waals surface area contributed by atoms with Crippen LogP contribution in [0.3, 0.4) is 0 Å². The van der Waals surface area contributed by atoms with E-state index in [0.29, 0.717) is 13.2 Å². The fraction of sp³-hybridized carbons (Fsp3) is 0.600. The first-order chi connectivity index (χ1) is 9.24. The van der Waals surface area contributed by atoms with E-state index >= 15 is 0 Å². The lowest BCUT2D eigenvalue weighted by atomic mass is 10.0. The Hall–Kier alpha value is -1.26. The van der Waals surface area contributed by atoms with Crippen molar-refractivity contribution in [2.75, 3.05) is 13.2 Å². The molecule has 1 fully saturated rings. The molecule has 0 aromatic heterocycles. The van der Waals surface area contributed by atoms with E-state index in [2.05, 4.69) is 0 Å². The normalized spacial score (nSPS) is 27.9. The molecule has 2 aliphatic heterocycles. The van der Waals surface area contributed by atoms with Crippen LogP contribution in [0.5, 0.6) is 11.5 Å². The van der Waals surface area contributed by atoms with Crippen molar-refractivity contribution >= 4 is 0 Å². The summed E-state index contributed by atoms with van der Waals surface area (Å²) >= 11 is 0.